The molecule has 2 N–H and O–H groups in total. The smallest absolute Gasteiger partial charge is 0.0958 e. The van der Waals surface area contributed by atoms with Gasteiger partial charge < -0.3 is 5.73 Å². The van der Waals surface area contributed by atoms with Gasteiger partial charge in [-0.25, -0.2) is 0 Å². The highest BCUT2D eigenvalue weighted by molar-refractivity contribution is 8.09. The van der Waals surface area contributed by atoms with Crippen LogP contribution in [0.3, 0.4) is 0 Å². The van der Waals surface area contributed by atoms with Gasteiger partial charge in [0.15, 0.2) is 0 Å². The van der Waals surface area contributed by atoms with Gasteiger partial charge in [-0.1, -0.05) is 78.5 Å². The molecule has 3 rings (SSSR count). The van der Waals surface area contributed by atoms with Crippen LogP contribution in [0.5, 0.6) is 0 Å². The van der Waals surface area contributed by atoms with Crippen molar-refractivity contribution in [2.45, 2.75) is 11.3 Å². The zero-order chi connectivity index (χ0) is 12.4. The van der Waals surface area contributed by atoms with Crippen molar-refractivity contribution in [3.8, 4) is 0 Å². The third-order valence-electron chi connectivity index (χ3n) is 3.20. The quantitative estimate of drug-likeness (QED) is 0.876. The fraction of sp³-hybridized carbons (Fsp3) is 0.125. The van der Waals surface area contributed by atoms with E-state index in [0.29, 0.717) is 0 Å². The van der Waals surface area contributed by atoms with E-state index in [-0.39, 0.29) is 4.87 Å². The minimum atomic E-state index is -0.313. The molecule has 2 heteroatoms. The van der Waals surface area contributed by atoms with Crippen molar-refractivity contribution in [2.24, 2.45) is 5.73 Å². The molecule has 0 amide bonds. The summed E-state index contributed by atoms with van der Waals surface area (Å²) in [7, 11) is 0. The lowest BCUT2D eigenvalue weighted by Crippen LogP contribution is -2.29. The van der Waals surface area contributed by atoms with E-state index in [1.807, 2.05) is 24.3 Å². The van der Waals surface area contributed by atoms with Gasteiger partial charge in [-0.15, -0.1) is 0 Å². The molecule has 0 bridgehead atoms. The minimum Gasteiger partial charge on any atom is -0.313 e. The summed E-state index contributed by atoms with van der Waals surface area (Å²) in [6, 6.07) is 20.8. The van der Waals surface area contributed by atoms with Gasteiger partial charge in [0.25, 0.3) is 0 Å². The fourth-order valence-corrected chi connectivity index (χ4v) is 3.43. The van der Waals surface area contributed by atoms with E-state index < -0.39 is 0 Å². The summed E-state index contributed by atoms with van der Waals surface area (Å²) >= 11 is 1.76. The monoisotopic (exact) mass is 253 g/mol. The number of thioether (sulfide) groups is 1. The van der Waals surface area contributed by atoms with Crippen molar-refractivity contribution >= 4 is 16.7 Å². The molecule has 1 unspecified atom stereocenters. The van der Waals surface area contributed by atoms with E-state index in [1.54, 1.807) is 11.8 Å². The third kappa shape index (κ3) is 2.09. The number of hydrogen-bond acceptors (Lipinski definition) is 2. The van der Waals surface area contributed by atoms with Crippen LogP contribution in [0.25, 0.3) is 4.91 Å². The maximum atomic E-state index is 6.52. The van der Waals surface area contributed by atoms with Crippen molar-refractivity contribution in [3.05, 3.63) is 77.9 Å². The maximum Gasteiger partial charge on any atom is 0.0958 e. The van der Waals surface area contributed by atoms with Crippen LogP contribution in [0.2, 0.25) is 0 Å². The van der Waals surface area contributed by atoms with E-state index in [4.69, 9.17) is 5.73 Å². The first-order chi connectivity index (χ1) is 8.78. The zero-order valence-corrected chi connectivity index (χ0v) is 10.9. The van der Waals surface area contributed by atoms with Crippen molar-refractivity contribution in [1.82, 2.24) is 0 Å². The highest BCUT2D eigenvalue weighted by Crippen LogP contribution is 2.49. The van der Waals surface area contributed by atoms with Crippen molar-refractivity contribution in [3.63, 3.8) is 0 Å². The second-order valence-electron chi connectivity index (χ2n) is 4.50. The lowest BCUT2D eigenvalue weighted by Gasteiger charge is -2.24. The van der Waals surface area contributed by atoms with Gasteiger partial charge in [0.05, 0.1) is 4.87 Å². The summed E-state index contributed by atoms with van der Waals surface area (Å²) in [5.41, 5.74) is 8.97. The molecule has 2 aromatic rings. The molecule has 18 heavy (non-hydrogen) atoms. The molecule has 0 saturated carbocycles. The first kappa shape index (κ1) is 11.6. The van der Waals surface area contributed by atoms with Crippen molar-refractivity contribution in [1.29, 1.82) is 0 Å². The molecule has 0 spiro atoms. The predicted molar refractivity (Wildman–Crippen MR) is 78.9 cm³/mol. The highest BCUT2D eigenvalue weighted by atomic mass is 32.2. The molecular weight excluding hydrogens is 238 g/mol. The maximum absolute atomic E-state index is 6.52. The van der Waals surface area contributed by atoms with Gasteiger partial charge in [-0.2, -0.15) is 0 Å². The molecule has 1 heterocycles. The fourth-order valence-electron chi connectivity index (χ4n) is 2.20. The molecule has 1 aliphatic rings. The number of nitrogens with two attached hydrogens (primary N) is 1. The van der Waals surface area contributed by atoms with E-state index in [2.05, 4.69) is 42.5 Å². The zero-order valence-electron chi connectivity index (χ0n) is 10.0. The number of benzene rings is 2. The summed E-state index contributed by atoms with van der Waals surface area (Å²) < 4.78 is 0. The SMILES string of the molecule is NC1(c2ccccc2)CC=C(c2ccccc2)S1. The Kier molecular flexibility index (Phi) is 2.98. The Labute approximate surface area is 112 Å². The molecule has 0 saturated heterocycles. The van der Waals surface area contributed by atoms with Crippen molar-refractivity contribution < 1.29 is 0 Å². The molecule has 1 nitrogen and oxygen atoms in total. The normalized spacial score (nSPS) is 22.8. The number of rotatable bonds is 2. The molecular formula is C16H15NS. The average molecular weight is 253 g/mol. The molecule has 1 atom stereocenters. The summed E-state index contributed by atoms with van der Waals surface area (Å²) in [5, 5.41) is 0. The lowest BCUT2D eigenvalue weighted by atomic mass is 10.0. The largest absolute Gasteiger partial charge is 0.313 e. The van der Waals surface area contributed by atoms with Gasteiger partial charge in [-0.3, -0.25) is 0 Å². The summed E-state index contributed by atoms with van der Waals surface area (Å²) in [6.45, 7) is 0. The second-order valence-corrected chi connectivity index (χ2v) is 5.87. The summed E-state index contributed by atoms with van der Waals surface area (Å²) in [5.74, 6) is 0. The van der Waals surface area contributed by atoms with Crippen LogP contribution in [0, 0.1) is 0 Å². The van der Waals surface area contributed by atoms with Crippen molar-refractivity contribution in [2.75, 3.05) is 0 Å². The molecule has 0 fully saturated rings. The van der Waals surface area contributed by atoms with Crippen LogP contribution in [0.15, 0.2) is 66.7 Å². The van der Waals surface area contributed by atoms with E-state index >= 15 is 0 Å². The van der Waals surface area contributed by atoms with Crippen LogP contribution >= 0.6 is 11.8 Å². The lowest BCUT2D eigenvalue weighted by molar-refractivity contribution is 0.680. The Morgan fingerprint density at radius 2 is 1.50 bits per heavy atom. The Morgan fingerprint density at radius 1 is 0.889 bits per heavy atom. The molecule has 90 valence electrons. The summed E-state index contributed by atoms with van der Waals surface area (Å²) in [4.78, 5) is 0.967. The Bertz CT molecular complexity index is 562. The van der Waals surface area contributed by atoms with Gasteiger partial charge >= 0.3 is 0 Å². The Balaban J connectivity index is 1.86. The van der Waals surface area contributed by atoms with Crippen LogP contribution in [-0.2, 0) is 4.87 Å². The second kappa shape index (κ2) is 4.63. The molecule has 0 radical (unpaired) electrons. The topological polar surface area (TPSA) is 26.0 Å². The molecule has 0 aliphatic carbocycles. The van der Waals surface area contributed by atoms with E-state index in [1.165, 1.54) is 16.0 Å². The standard InChI is InChI=1S/C16H15NS/c17-16(14-9-5-2-6-10-14)12-11-15(18-16)13-7-3-1-4-8-13/h1-11H,12,17H2. The average Bonchev–Trinajstić information content (AvgIpc) is 2.85. The number of hydrogen-bond donors (Lipinski definition) is 1. The highest BCUT2D eigenvalue weighted by Gasteiger charge is 2.33. The summed E-state index contributed by atoms with van der Waals surface area (Å²) in [6.07, 6.45) is 3.12. The molecule has 0 aromatic heterocycles. The van der Waals surface area contributed by atoms with Gasteiger partial charge in [0, 0.05) is 4.91 Å². The third-order valence-corrected chi connectivity index (χ3v) is 4.59. The molecule has 2 aromatic carbocycles. The predicted octanol–water partition coefficient (Wildman–Crippen LogP) is 3.98. The van der Waals surface area contributed by atoms with E-state index in [9.17, 15) is 0 Å². The van der Waals surface area contributed by atoms with Crippen LogP contribution in [0.4, 0.5) is 0 Å². The molecule has 1 aliphatic heterocycles. The Hall–Kier alpha value is -1.51. The van der Waals surface area contributed by atoms with Crippen LogP contribution < -0.4 is 5.73 Å². The first-order valence-electron chi connectivity index (χ1n) is 6.07. The first-order valence-corrected chi connectivity index (χ1v) is 6.89. The van der Waals surface area contributed by atoms with Crippen LogP contribution in [-0.4, -0.2) is 0 Å². The van der Waals surface area contributed by atoms with Gasteiger partial charge in [-0.05, 0) is 17.5 Å². The van der Waals surface area contributed by atoms with Gasteiger partial charge in [0.1, 0.15) is 0 Å². The van der Waals surface area contributed by atoms with E-state index in [0.717, 1.165) is 6.42 Å². The Morgan fingerprint density at radius 3 is 2.17 bits per heavy atom. The van der Waals surface area contributed by atoms with Crippen LogP contribution in [0.1, 0.15) is 17.5 Å². The van der Waals surface area contributed by atoms with Gasteiger partial charge in [0.2, 0.25) is 0 Å². The minimum absolute atomic E-state index is 0.313.